The van der Waals surface area contributed by atoms with Crippen LogP contribution in [0.5, 0.6) is 0 Å². The predicted molar refractivity (Wildman–Crippen MR) is 147 cm³/mol. The molecule has 2 aliphatic rings. The minimum Gasteiger partial charge on any atom is -0.480 e. The number of carboxylic acids is 3. The molecule has 2 aromatic rings. The fraction of sp³-hybridized carbons (Fsp3) is 0.348. The van der Waals surface area contributed by atoms with E-state index in [1.165, 1.54) is 23.9 Å². The maximum Gasteiger partial charge on any atom is 0.411 e. The molecule has 0 unspecified atom stereocenters. The van der Waals surface area contributed by atoms with Crippen molar-refractivity contribution in [2.24, 2.45) is 5.73 Å². The van der Waals surface area contributed by atoms with E-state index in [-0.39, 0.29) is 28.8 Å². The number of hydrogen-bond acceptors (Lipinski definition) is 13. The van der Waals surface area contributed by atoms with Crippen LogP contribution in [0.1, 0.15) is 5.56 Å². The monoisotopic (exact) mass is 636 g/mol. The Morgan fingerprint density at radius 3 is 2.53 bits per heavy atom. The number of rotatable bonds is 13. The lowest BCUT2D eigenvalue weighted by Crippen LogP contribution is -2.70. The number of nitrogens with two attached hydrogens (primary N) is 1. The van der Waals surface area contributed by atoms with Gasteiger partial charge in [0.25, 0.3) is 5.91 Å². The van der Waals surface area contributed by atoms with Crippen LogP contribution in [-0.2, 0) is 41.7 Å². The molecule has 43 heavy (non-hydrogen) atoms. The molecule has 0 saturated carbocycles. The minimum atomic E-state index is -1.36. The fourth-order valence-electron chi connectivity index (χ4n) is 3.98. The van der Waals surface area contributed by atoms with Gasteiger partial charge >= 0.3 is 24.0 Å². The molecular weight excluding hydrogens is 612 g/mol. The van der Waals surface area contributed by atoms with Crippen molar-refractivity contribution in [3.05, 3.63) is 41.1 Å². The molecular formula is C23H24N8O10S2. The van der Waals surface area contributed by atoms with Gasteiger partial charge < -0.3 is 31.1 Å². The summed E-state index contributed by atoms with van der Waals surface area (Å²) in [5.41, 5.74) is 6.37. The van der Waals surface area contributed by atoms with Crippen molar-refractivity contribution in [3.8, 4) is 0 Å². The Morgan fingerprint density at radius 2 is 1.88 bits per heavy atom. The van der Waals surface area contributed by atoms with Crippen LogP contribution in [0.3, 0.4) is 0 Å². The number of anilines is 1. The van der Waals surface area contributed by atoms with Gasteiger partial charge in [0.05, 0.1) is 6.42 Å². The summed E-state index contributed by atoms with van der Waals surface area (Å²) < 4.78 is 5.79. The topological polar surface area (TPSA) is 269 Å². The zero-order chi connectivity index (χ0) is 31.3. The van der Waals surface area contributed by atoms with Crippen LogP contribution >= 0.6 is 23.5 Å². The zero-order valence-corrected chi connectivity index (χ0v) is 23.5. The second kappa shape index (κ2) is 13.5. The van der Waals surface area contributed by atoms with Gasteiger partial charge in [0.2, 0.25) is 11.1 Å². The molecule has 228 valence electrons. The summed E-state index contributed by atoms with van der Waals surface area (Å²) in [5.74, 6) is -4.50. The Balaban J connectivity index is 1.31. The molecule has 1 fully saturated rings. The number of tetrazole rings is 1. The van der Waals surface area contributed by atoms with Crippen molar-refractivity contribution in [1.29, 1.82) is 0 Å². The number of hydrogen-bond donors (Lipinski definition) is 6. The van der Waals surface area contributed by atoms with Crippen LogP contribution in [0, 0.1) is 0 Å². The number of benzene rings is 1. The van der Waals surface area contributed by atoms with Crippen LogP contribution in [0.15, 0.2) is 40.7 Å². The number of carbonyl (C=O) groups is 6. The highest BCUT2D eigenvalue weighted by Crippen LogP contribution is 2.41. The Bertz CT molecular complexity index is 1480. The molecule has 3 heterocycles. The number of amides is 3. The summed E-state index contributed by atoms with van der Waals surface area (Å²) in [5, 5.41) is 42.9. The summed E-state index contributed by atoms with van der Waals surface area (Å²) in [6, 6.07) is 3.83. The lowest BCUT2D eigenvalue weighted by atomic mass is 10.0. The highest BCUT2D eigenvalue weighted by Gasteiger charge is 2.54. The van der Waals surface area contributed by atoms with Crippen molar-refractivity contribution in [2.45, 2.75) is 35.6 Å². The summed E-state index contributed by atoms with van der Waals surface area (Å²) in [6.07, 6.45) is -1.01. The largest absolute Gasteiger partial charge is 0.480 e. The molecule has 0 radical (unpaired) electrons. The number of carboxylic acid groups (broad SMARTS) is 3. The van der Waals surface area contributed by atoms with Gasteiger partial charge in [-0.1, -0.05) is 23.9 Å². The smallest absolute Gasteiger partial charge is 0.411 e. The van der Waals surface area contributed by atoms with Crippen LogP contribution in [-0.4, -0.2) is 112 Å². The van der Waals surface area contributed by atoms with Gasteiger partial charge in [-0.25, -0.2) is 14.3 Å². The Labute approximate surface area is 250 Å². The summed E-state index contributed by atoms with van der Waals surface area (Å²) in [6.45, 7) is -0.985. The van der Waals surface area contributed by atoms with E-state index in [0.717, 1.165) is 21.3 Å². The number of β-lactam (4-membered cyclic amide) rings is 1. The highest BCUT2D eigenvalue weighted by molar-refractivity contribution is 8.01. The molecule has 7 N–H and O–H groups in total. The van der Waals surface area contributed by atoms with Gasteiger partial charge in [0, 0.05) is 17.2 Å². The van der Waals surface area contributed by atoms with Crippen LogP contribution < -0.4 is 16.4 Å². The van der Waals surface area contributed by atoms with Gasteiger partial charge in [0.15, 0.2) is 0 Å². The third kappa shape index (κ3) is 7.59. The van der Waals surface area contributed by atoms with E-state index in [0.29, 0.717) is 16.8 Å². The van der Waals surface area contributed by atoms with E-state index in [2.05, 4.69) is 26.2 Å². The van der Waals surface area contributed by atoms with Crippen LogP contribution in [0.4, 0.5) is 10.5 Å². The van der Waals surface area contributed by atoms with Gasteiger partial charge in [-0.2, -0.15) is 0 Å². The number of aliphatic carboxylic acids is 3. The first-order chi connectivity index (χ1) is 20.4. The molecule has 1 saturated heterocycles. The van der Waals surface area contributed by atoms with Crippen molar-refractivity contribution < 1.29 is 48.8 Å². The Hall–Kier alpha value is -4.69. The maximum atomic E-state index is 12.9. The molecule has 0 spiro atoms. The van der Waals surface area contributed by atoms with Crippen LogP contribution in [0.2, 0.25) is 0 Å². The summed E-state index contributed by atoms with van der Waals surface area (Å²) in [4.78, 5) is 72.3. The maximum absolute atomic E-state index is 12.9. The minimum absolute atomic E-state index is 0.0978. The van der Waals surface area contributed by atoms with E-state index in [1.54, 1.807) is 12.1 Å². The van der Waals surface area contributed by atoms with E-state index in [1.807, 2.05) is 0 Å². The third-order valence-electron chi connectivity index (χ3n) is 6.00. The molecule has 3 amide bonds. The quantitative estimate of drug-likeness (QED) is 0.111. The molecule has 18 nitrogen and oxygen atoms in total. The SMILES string of the molecule is N[C@H](COC(=O)Nc1ccc(CC(=O)N[C@@H]2C(=O)N3C(C(=O)O)=C(CSc4nnnn4CC(=O)O)CS[C@H]23)cc1)C(=O)O. The van der Waals surface area contributed by atoms with Gasteiger partial charge in [-0.3, -0.25) is 29.4 Å². The molecule has 0 aliphatic carbocycles. The number of nitrogens with one attached hydrogen (secondary N) is 2. The van der Waals surface area contributed by atoms with Crippen molar-refractivity contribution in [2.75, 3.05) is 23.4 Å². The van der Waals surface area contributed by atoms with Crippen molar-refractivity contribution in [1.82, 2.24) is 30.4 Å². The second-order valence-electron chi connectivity index (χ2n) is 9.06. The predicted octanol–water partition coefficient (Wildman–Crippen LogP) is -1.21. The van der Waals surface area contributed by atoms with Gasteiger partial charge in [-0.15, -0.1) is 16.9 Å². The normalized spacial score (nSPS) is 18.3. The third-order valence-corrected chi connectivity index (χ3v) is 8.39. The number of carbonyl (C=O) groups excluding carboxylic acids is 3. The molecule has 2 aliphatic heterocycles. The first-order valence-electron chi connectivity index (χ1n) is 12.3. The Morgan fingerprint density at radius 1 is 1.16 bits per heavy atom. The number of thioether (sulfide) groups is 2. The number of aromatic nitrogens is 4. The van der Waals surface area contributed by atoms with Crippen molar-refractivity contribution >= 4 is 65.0 Å². The Kier molecular flexibility index (Phi) is 9.83. The first kappa shape index (κ1) is 31.3. The zero-order valence-electron chi connectivity index (χ0n) is 21.9. The van der Waals surface area contributed by atoms with E-state index in [9.17, 15) is 33.9 Å². The van der Waals surface area contributed by atoms with E-state index < -0.39 is 66.4 Å². The summed E-state index contributed by atoms with van der Waals surface area (Å²) >= 11 is 2.32. The van der Waals surface area contributed by atoms with Crippen molar-refractivity contribution in [3.63, 3.8) is 0 Å². The molecule has 0 bridgehead atoms. The highest BCUT2D eigenvalue weighted by atomic mass is 32.2. The standard InChI is InChI=1S/C23H24N8O10S2/c24-13(20(36)37)7-41-23(40)25-12-3-1-10(2-4-12)5-14(32)26-16-18(35)31-17(21(38)39)11(8-42-19(16)31)9-43-22-27-28-29-30(22)6-15(33)34/h1-4,13,16,19H,5-9,24H2,(H,25,40)(H,26,32)(H,33,34)(H,36,37)(H,38,39)/t13-,16-,19-/m1/s1. The average Bonchev–Trinajstić information content (AvgIpc) is 3.39. The lowest BCUT2D eigenvalue weighted by Gasteiger charge is -2.49. The molecule has 20 heteroatoms. The average molecular weight is 637 g/mol. The fourth-order valence-corrected chi connectivity index (χ4v) is 6.34. The first-order valence-corrected chi connectivity index (χ1v) is 14.3. The number of fused-ring (bicyclic) bond motifs is 1. The van der Waals surface area contributed by atoms with E-state index in [4.69, 9.17) is 20.7 Å². The van der Waals surface area contributed by atoms with Crippen LogP contribution in [0.25, 0.3) is 0 Å². The number of nitrogens with zero attached hydrogens (tertiary/aromatic N) is 5. The molecule has 4 rings (SSSR count). The molecule has 3 atom stereocenters. The van der Waals surface area contributed by atoms with Gasteiger partial charge in [0.1, 0.15) is 36.3 Å². The van der Waals surface area contributed by atoms with E-state index >= 15 is 0 Å². The van der Waals surface area contributed by atoms with Gasteiger partial charge in [-0.05, 0) is 33.7 Å². The molecule has 1 aromatic carbocycles. The summed E-state index contributed by atoms with van der Waals surface area (Å²) in [7, 11) is 0. The number of ether oxygens (including phenoxy) is 1. The lowest BCUT2D eigenvalue weighted by molar-refractivity contribution is -0.150. The molecule has 1 aromatic heterocycles. The second-order valence-corrected chi connectivity index (χ2v) is 11.1.